The predicted octanol–water partition coefficient (Wildman–Crippen LogP) is 3.92. The van der Waals surface area contributed by atoms with E-state index in [-0.39, 0.29) is 29.8 Å². The number of carbonyl (C=O) groups excluding carboxylic acids is 1. The average Bonchev–Trinajstić information content (AvgIpc) is 3.38. The molecule has 1 aliphatic rings. The molecule has 1 atom stereocenters. The van der Waals surface area contributed by atoms with Gasteiger partial charge in [0.05, 0.1) is 30.7 Å². The first-order valence-electron chi connectivity index (χ1n) is 9.85. The van der Waals surface area contributed by atoms with E-state index >= 15 is 0 Å². The molecule has 0 radical (unpaired) electrons. The van der Waals surface area contributed by atoms with E-state index in [4.69, 9.17) is 9.15 Å². The summed E-state index contributed by atoms with van der Waals surface area (Å²) in [7, 11) is -1.71. The Kier molecular flexibility index (Phi) is 5.82. The zero-order valence-corrected chi connectivity index (χ0v) is 17.8. The molecule has 3 aromatic rings. The highest BCUT2D eigenvalue weighted by Crippen LogP contribution is 2.28. The van der Waals surface area contributed by atoms with E-state index in [9.17, 15) is 17.6 Å². The van der Waals surface area contributed by atoms with Crippen molar-refractivity contribution in [3.63, 3.8) is 0 Å². The molecule has 8 heteroatoms. The summed E-state index contributed by atoms with van der Waals surface area (Å²) >= 11 is 0. The number of amides is 1. The molecule has 0 saturated carbocycles. The Morgan fingerprint density at radius 3 is 2.55 bits per heavy atom. The van der Waals surface area contributed by atoms with Crippen molar-refractivity contribution < 1.29 is 26.8 Å². The third kappa shape index (κ3) is 4.64. The molecule has 0 aliphatic carbocycles. The fraction of sp³-hybridized carbons (Fsp3) is 0.261. The fourth-order valence-corrected chi connectivity index (χ4v) is 5.49. The van der Waals surface area contributed by atoms with Crippen LogP contribution in [0.4, 0.5) is 4.39 Å². The summed E-state index contributed by atoms with van der Waals surface area (Å²) in [6.45, 7) is 0.109. The normalized spacial score (nSPS) is 17.4. The number of nitrogens with zero attached hydrogens (tertiary/aromatic N) is 1. The lowest BCUT2D eigenvalue weighted by molar-refractivity contribution is 0.0663. The standard InChI is InChI=1S/C23H22FNO5S/c1-29-22-5-3-2-4-20(22)23(26)25(18-12-13-31(27,28)15-18)14-19-10-11-21(30-19)16-6-8-17(24)9-7-16/h2-11,18H,12-15H2,1H3/t18-/m0/s1. The number of ether oxygens (including phenoxy) is 1. The highest BCUT2D eigenvalue weighted by molar-refractivity contribution is 7.91. The smallest absolute Gasteiger partial charge is 0.258 e. The Labute approximate surface area is 180 Å². The second kappa shape index (κ2) is 8.55. The van der Waals surface area contributed by atoms with Crippen LogP contribution in [0.3, 0.4) is 0 Å². The average molecular weight is 443 g/mol. The van der Waals surface area contributed by atoms with Crippen LogP contribution in [0.25, 0.3) is 11.3 Å². The molecule has 2 heterocycles. The second-order valence-electron chi connectivity index (χ2n) is 7.46. The van der Waals surface area contributed by atoms with Gasteiger partial charge in [-0.1, -0.05) is 12.1 Å². The maximum absolute atomic E-state index is 13.4. The SMILES string of the molecule is COc1ccccc1C(=O)N(Cc1ccc(-c2ccc(F)cc2)o1)[C@H]1CCS(=O)(=O)C1. The number of methoxy groups -OCH3 is 1. The van der Waals surface area contributed by atoms with Gasteiger partial charge in [-0.2, -0.15) is 0 Å². The van der Waals surface area contributed by atoms with Crippen LogP contribution in [0.5, 0.6) is 5.75 Å². The first-order chi connectivity index (χ1) is 14.9. The lowest BCUT2D eigenvalue weighted by Crippen LogP contribution is -2.40. The van der Waals surface area contributed by atoms with Crippen molar-refractivity contribution in [1.29, 1.82) is 0 Å². The van der Waals surface area contributed by atoms with Crippen molar-refractivity contribution in [3.05, 3.63) is 77.8 Å². The number of rotatable bonds is 6. The van der Waals surface area contributed by atoms with E-state index in [2.05, 4.69) is 0 Å². The fourth-order valence-electron chi connectivity index (χ4n) is 3.76. The van der Waals surface area contributed by atoms with Gasteiger partial charge in [0.2, 0.25) is 0 Å². The minimum absolute atomic E-state index is 0.0480. The number of hydrogen-bond donors (Lipinski definition) is 0. The summed E-state index contributed by atoms with van der Waals surface area (Å²) < 4.78 is 48.6. The molecule has 31 heavy (non-hydrogen) atoms. The van der Waals surface area contributed by atoms with Crippen LogP contribution in [0.2, 0.25) is 0 Å². The van der Waals surface area contributed by atoms with Crippen LogP contribution in [-0.4, -0.2) is 43.9 Å². The number of halogens is 1. The number of benzene rings is 2. The van der Waals surface area contributed by atoms with Gasteiger partial charge in [0.15, 0.2) is 9.84 Å². The number of hydrogen-bond acceptors (Lipinski definition) is 5. The summed E-state index contributed by atoms with van der Waals surface area (Å²) in [5.41, 5.74) is 1.07. The molecule has 1 amide bonds. The predicted molar refractivity (Wildman–Crippen MR) is 114 cm³/mol. The first-order valence-corrected chi connectivity index (χ1v) is 11.7. The van der Waals surface area contributed by atoms with Crippen LogP contribution in [0.1, 0.15) is 22.5 Å². The van der Waals surface area contributed by atoms with Gasteiger partial charge < -0.3 is 14.1 Å². The molecular weight excluding hydrogens is 421 g/mol. The van der Waals surface area contributed by atoms with Gasteiger partial charge in [-0.15, -0.1) is 0 Å². The van der Waals surface area contributed by atoms with Crippen molar-refractivity contribution in [2.75, 3.05) is 18.6 Å². The summed E-state index contributed by atoms with van der Waals surface area (Å²) in [4.78, 5) is 14.9. The minimum Gasteiger partial charge on any atom is -0.496 e. The van der Waals surface area contributed by atoms with Gasteiger partial charge in [-0.25, -0.2) is 12.8 Å². The van der Waals surface area contributed by atoms with Gasteiger partial charge in [-0.3, -0.25) is 4.79 Å². The summed E-state index contributed by atoms with van der Waals surface area (Å²) in [6, 6.07) is 15.8. The third-order valence-corrected chi connectivity index (χ3v) is 7.11. The van der Waals surface area contributed by atoms with Crippen molar-refractivity contribution in [2.45, 2.75) is 19.0 Å². The van der Waals surface area contributed by atoms with Crippen LogP contribution >= 0.6 is 0 Å². The number of sulfone groups is 1. The molecule has 0 N–H and O–H groups in total. The zero-order valence-electron chi connectivity index (χ0n) is 17.0. The Hall–Kier alpha value is -3.13. The van der Waals surface area contributed by atoms with Crippen LogP contribution in [0.15, 0.2) is 65.1 Å². The van der Waals surface area contributed by atoms with Crippen molar-refractivity contribution in [2.24, 2.45) is 0 Å². The molecule has 4 rings (SSSR count). The summed E-state index contributed by atoms with van der Waals surface area (Å²) in [6.07, 6.45) is 0.370. The maximum atomic E-state index is 13.4. The molecule has 1 aliphatic heterocycles. The first kappa shape index (κ1) is 21.1. The molecule has 162 valence electrons. The third-order valence-electron chi connectivity index (χ3n) is 5.36. The largest absolute Gasteiger partial charge is 0.496 e. The number of furan rings is 1. The van der Waals surface area contributed by atoms with Gasteiger partial charge in [0.1, 0.15) is 23.1 Å². The number of carbonyl (C=O) groups is 1. The molecule has 1 saturated heterocycles. The van der Waals surface area contributed by atoms with Crippen LogP contribution < -0.4 is 4.74 Å². The van der Waals surface area contributed by atoms with E-state index in [0.29, 0.717) is 34.8 Å². The molecule has 6 nitrogen and oxygen atoms in total. The van der Waals surface area contributed by atoms with Crippen LogP contribution in [-0.2, 0) is 16.4 Å². The van der Waals surface area contributed by atoms with Gasteiger partial charge in [-0.05, 0) is 55.0 Å². The van der Waals surface area contributed by atoms with Gasteiger partial charge in [0.25, 0.3) is 5.91 Å². The topological polar surface area (TPSA) is 76.8 Å². The maximum Gasteiger partial charge on any atom is 0.258 e. The molecule has 0 bridgehead atoms. The quantitative estimate of drug-likeness (QED) is 0.577. The number of para-hydroxylation sites is 1. The molecule has 1 fully saturated rings. The Morgan fingerprint density at radius 2 is 1.87 bits per heavy atom. The lowest BCUT2D eigenvalue weighted by atomic mass is 10.1. The minimum atomic E-state index is -3.20. The lowest BCUT2D eigenvalue weighted by Gasteiger charge is -2.28. The van der Waals surface area contributed by atoms with Gasteiger partial charge in [0, 0.05) is 11.6 Å². The Morgan fingerprint density at radius 1 is 1.13 bits per heavy atom. The van der Waals surface area contributed by atoms with Crippen molar-refractivity contribution in [3.8, 4) is 17.1 Å². The highest BCUT2D eigenvalue weighted by Gasteiger charge is 2.36. The Balaban J connectivity index is 1.64. The van der Waals surface area contributed by atoms with E-state index in [1.165, 1.54) is 24.1 Å². The van der Waals surface area contributed by atoms with E-state index in [1.807, 2.05) is 0 Å². The monoisotopic (exact) mass is 443 g/mol. The van der Waals surface area contributed by atoms with Gasteiger partial charge >= 0.3 is 0 Å². The van der Waals surface area contributed by atoms with Crippen molar-refractivity contribution in [1.82, 2.24) is 4.90 Å². The van der Waals surface area contributed by atoms with E-state index in [1.54, 1.807) is 48.5 Å². The molecule has 0 unspecified atom stereocenters. The molecule has 2 aromatic carbocycles. The highest BCUT2D eigenvalue weighted by atomic mass is 32.2. The molecular formula is C23H22FNO5S. The van der Waals surface area contributed by atoms with E-state index < -0.39 is 15.9 Å². The van der Waals surface area contributed by atoms with Crippen LogP contribution in [0, 0.1) is 5.82 Å². The summed E-state index contributed by atoms with van der Waals surface area (Å²) in [5, 5.41) is 0. The molecule has 0 spiro atoms. The molecule has 1 aromatic heterocycles. The Bertz CT molecular complexity index is 1190. The zero-order chi connectivity index (χ0) is 22.0. The van der Waals surface area contributed by atoms with E-state index in [0.717, 1.165) is 0 Å². The van der Waals surface area contributed by atoms with Crippen molar-refractivity contribution >= 4 is 15.7 Å². The summed E-state index contributed by atoms with van der Waals surface area (Å²) in [5.74, 6) is 0.771. The second-order valence-corrected chi connectivity index (χ2v) is 9.69.